The van der Waals surface area contributed by atoms with Crippen LogP contribution < -0.4 is 4.74 Å². The summed E-state index contributed by atoms with van der Waals surface area (Å²) in [4.78, 5) is 24.9. The number of rotatable bonds is 5. The summed E-state index contributed by atoms with van der Waals surface area (Å²) in [5.41, 5.74) is -0.975. The topological polar surface area (TPSA) is 112 Å². The van der Waals surface area contributed by atoms with Crippen molar-refractivity contribution in [3.05, 3.63) is 27.9 Å². The number of pyridine rings is 1. The molecular weight excluding hydrogens is 280 g/mol. The van der Waals surface area contributed by atoms with Crippen molar-refractivity contribution in [3.8, 4) is 5.88 Å². The first-order chi connectivity index (χ1) is 10.0. The van der Waals surface area contributed by atoms with Gasteiger partial charge in [-0.3, -0.25) is 10.1 Å². The molecule has 1 heterocycles. The zero-order chi connectivity index (χ0) is 15.4. The molecule has 0 amide bonds. The molecule has 2 unspecified atom stereocenters. The SMILES string of the molecule is COC1CCCC(Oc2cc(C(=O)O)c([N+](=O)[O-])cn2)C1. The highest BCUT2D eigenvalue weighted by molar-refractivity contribution is 5.92. The molecule has 0 radical (unpaired) electrons. The standard InChI is InChI=1S/C13H16N2O6/c1-20-8-3-2-4-9(5-8)21-12-6-10(13(16)17)11(7-14-12)15(18)19/h6-9H,2-5H2,1H3,(H,16,17). The Kier molecular flexibility index (Phi) is 4.69. The zero-order valence-corrected chi connectivity index (χ0v) is 11.5. The fourth-order valence-electron chi connectivity index (χ4n) is 2.40. The second-order valence-electron chi connectivity index (χ2n) is 4.87. The Bertz CT molecular complexity index is 547. The summed E-state index contributed by atoms with van der Waals surface area (Å²) in [6, 6.07) is 1.09. The number of hydrogen-bond acceptors (Lipinski definition) is 6. The van der Waals surface area contributed by atoms with E-state index >= 15 is 0 Å². The molecule has 8 heteroatoms. The monoisotopic (exact) mass is 296 g/mol. The van der Waals surface area contributed by atoms with Crippen molar-refractivity contribution in [2.75, 3.05) is 7.11 Å². The second kappa shape index (κ2) is 6.49. The number of nitro groups is 1. The van der Waals surface area contributed by atoms with Gasteiger partial charge in [0.25, 0.3) is 0 Å². The third-order valence-corrected chi connectivity index (χ3v) is 3.48. The summed E-state index contributed by atoms with van der Waals surface area (Å²) in [5.74, 6) is -1.30. The first kappa shape index (κ1) is 15.2. The minimum Gasteiger partial charge on any atom is -0.477 e. The van der Waals surface area contributed by atoms with E-state index in [4.69, 9.17) is 14.6 Å². The third kappa shape index (κ3) is 3.66. The highest BCUT2D eigenvalue weighted by atomic mass is 16.6. The van der Waals surface area contributed by atoms with E-state index in [0.717, 1.165) is 31.5 Å². The van der Waals surface area contributed by atoms with Gasteiger partial charge in [-0.1, -0.05) is 0 Å². The van der Waals surface area contributed by atoms with Crippen molar-refractivity contribution in [2.24, 2.45) is 0 Å². The predicted octanol–water partition coefficient (Wildman–Crippen LogP) is 2.02. The lowest BCUT2D eigenvalue weighted by atomic mass is 9.95. The van der Waals surface area contributed by atoms with Gasteiger partial charge in [0.15, 0.2) is 0 Å². The molecule has 1 saturated carbocycles. The molecular formula is C13H16N2O6. The summed E-state index contributed by atoms with van der Waals surface area (Å²) in [6.45, 7) is 0. The van der Waals surface area contributed by atoms with Crippen LogP contribution in [-0.4, -0.2) is 40.3 Å². The Hall–Kier alpha value is -2.22. The van der Waals surface area contributed by atoms with Gasteiger partial charge in [0.1, 0.15) is 17.9 Å². The maximum absolute atomic E-state index is 11.1. The number of methoxy groups -OCH3 is 1. The maximum atomic E-state index is 11.1. The lowest BCUT2D eigenvalue weighted by Crippen LogP contribution is -2.29. The van der Waals surface area contributed by atoms with Crippen molar-refractivity contribution in [3.63, 3.8) is 0 Å². The summed E-state index contributed by atoms with van der Waals surface area (Å²) < 4.78 is 10.9. The molecule has 0 saturated heterocycles. The van der Waals surface area contributed by atoms with Gasteiger partial charge < -0.3 is 14.6 Å². The van der Waals surface area contributed by atoms with Crippen LogP contribution in [-0.2, 0) is 4.74 Å². The average molecular weight is 296 g/mol. The number of nitrogens with zero attached hydrogens (tertiary/aromatic N) is 2. The molecule has 2 rings (SSSR count). The lowest BCUT2D eigenvalue weighted by Gasteiger charge is -2.28. The molecule has 1 aromatic heterocycles. The largest absolute Gasteiger partial charge is 0.477 e. The number of carbonyl (C=O) groups is 1. The maximum Gasteiger partial charge on any atom is 0.342 e. The minimum atomic E-state index is -1.38. The number of aromatic carboxylic acids is 1. The van der Waals surface area contributed by atoms with Crippen molar-refractivity contribution in [2.45, 2.75) is 37.9 Å². The fourth-order valence-corrected chi connectivity index (χ4v) is 2.40. The lowest BCUT2D eigenvalue weighted by molar-refractivity contribution is -0.385. The Morgan fingerprint density at radius 2 is 2.19 bits per heavy atom. The molecule has 1 aromatic rings. The summed E-state index contributed by atoms with van der Waals surface area (Å²) >= 11 is 0. The highest BCUT2D eigenvalue weighted by Crippen LogP contribution is 2.27. The van der Waals surface area contributed by atoms with E-state index in [9.17, 15) is 14.9 Å². The first-order valence-corrected chi connectivity index (χ1v) is 6.58. The van der Waals surface area contributed by atoms with Crippen LogP contribution in [0, 0.1) is 10.1 Å². The van der Waals surface area contributed by atoms with Crippen LogP contribution >= 0.6 is 0 Å². The van der Waals surface area contributed by atoms with Crippen LogP contribution in [0.4, 0.5) is 5.69 Å². The fraction of sp³-hybridized carbons (Fsp3) is 0.538. The van der Waals surface area contributed by atoms with Crippen molar-refractivity contribution in [1.29, 1.82) is 0 Å². The molecule has 2 atom stereocenters. The number of carboxylic acids is 1. The van der Waals surface area contributed by atoms with Crippen LogP contribution in [0.3, 0.4) is 0 Å². The van der Waals surface area contributed by atoms with Gasteiger partial charge in [-0.2, -0.15) is 0 Å². The van der Waals surface area contributed by atoms with E-state index in [-0.39, 0.29) is 18.1 Å². The van der Waals surface area contributed by atoms with Gasteiger partial charge in [0, 0.05) is 19.6 Å². The van der Waals surface area contributed by atoms with Gasteiger partial charge in [0.2, 0.25) is 5.88 Å². The molecule has 114 valence electrons. The average Bonchev–Trinajstić information content (AvgIpc) is 2.47. The van der Waals surface area contributed by atoms with Crippen LogP contribution in [0.15, 0.2) is 12.3 Å². The van der Waals surface area contributed by atoms with Gasteiger partial charge >= 0.3 is 11.7 Å². The normalized spacial score (nSPS) is 21.8. The molecule has 1 aliphatic carbocycles. The Morgan fingerprint density at radius 3 is 2.81 bits per heavy atom. The quantitative estimate of drug-likeness (QED) is 0.653. The number of carboxylic acid groups (broad SMARTS) is 1. The molecule has 1 N–H and O–H groups in total. The van der Waals surface area contributed by atoms with Crippen LogP contribution in [0.2, 0.25) is 0 Å². The molecule has 21 heavy (non-hydrogen) atoms. The number of hydrogen-bond donors (Lipinski definition) is 1. The van der Waals surface area contributed by atoms with Crippen LogP contribution in [0.1, 0.15) is 36.0 Å². The van der Waals surface area contributed by atoms with Gasteiger partial charge in [-0.05, 0) is 19.3 Å². The molecule has 0 aromatic carbocycles. The summed E-state index contributed by atoms with van der Waals surface area (Å²) in [5, 5.41) is 19.8. The molecule has 1 fully saturated rings. The van der Waals surface area contributed by atoms with Crippen molar-refractivity contribution in [1.82, 2.24) is 4.98 Å². The molecule has 8 nitrogen and oxygen atoms in total. The van der Waals surface area contributed by atoms with Gasteiger partial charge in [0.05, 0.1) is 11.0 Å². The predicted molar refractivity (Wildman–Crippen MR) is 71.5 cm³/mol. The Balaban J connectivity index is 2.15. The summed E-state index contributed by atoms with van der Waals surface area (Å²) in [6.07, 6.45) is 4.32. The molecule has 0 aliphatic heterocycles. The van der Waals surface area contributed by atoms with Crippen LogP contribution in [0.5, 0.6) is 5.88 Å². The smallest absolute Gasteiger partial charge is 0.342 e. The van der Waals surface area contributed by atoms with Crippen molar-refractivity contribution >= 4 is 11.7 Å². The molecule has 0 bridgehead atoms. The van der Waals surface area contributed by atoms with Gasteiger partial charge in [-0.15, -0.1) is 0 Å². The number of aromatic nitrogens is 1. The summed E-state index contributed by atoms with van der Waals surface area (Å²) in [7, 11) is 1.64. The van der Waals surface area contributed by atoms with E-state index < -0.39 is 22.1 Å². The van der Waals surface area contributed by atoms with Crippen LogP contribution in [0.25, 0.3) is 0 Å². The highest BCUT2D eigenvalue weighted by Gasteiger charge is 2.26. The van der Waals surface area contributed by atoms with E-state index in [2.05, 4.69) is 4.98 Å². The zero-order valence-electron chi connectivity index (χ0n) is 11.5. The van der Waals surface area contributed by atoms with E-state index in [1.54, 1.807) is 7.11 Å². The Morgan fingerprint density at radius 1 is 1.48 bits per heavy atom. The molecule has 1 aliphatic rings. The second-order valence-corrected chi connectivity index (χ2v) is 4.87. The van der Waals surface area contributed by atoms with Gasteiger partial charge in [-0.25, -0.2) is 9.78 Å². The van der Waals surface area contributed by atoms with E-state index in [0.29, 0.717) is 6.42 Å². The molecule has 0 spiro atoms. The van der Waals surface area contributed by atoms with E-state index in [1.165, 1.54) is 0 Å². The van der Waals surface area contributed by atoms with E-state index in [1.807, 2.05) is 0 Å². The van der Waals surface area contributed by atoms with Crippen molar-refractivity contribution < 1.29 is 24.3 Å². The first-order valence-electron chi connectivity index (χ1n) is 6.58. The Labute approximate surface area is 120 Å². The third-order valence-electron chi connectivity index (χ3n) is 3.48. The minimum absolute atomic E-state index is 0.0831. The number of ether oxygens (including phenoxy) is 2.